The Labute approximate surface area is 189 Å². The number of esters is 1. The molecule has 2 unspecified atom stereocenters. The smallest absolute Gasteiger partial charge is 0.314 e. The van der Waals surface area contributed by atoms with E-state index in [1.807, 2.05) is 0 Å². The fourth-order valence-corrected chi connectivity index (χ4v) is 6.22. The lowest BCUT2D eigenvalue weighted by atomic mass is 9.68. The standard InChI is InChI=1S/C26H35F3O3/c1-2-3-20-12-13-24(31-20)18-8-4-16(5-9-18)17-6-10-19(11-7-17)26(30)32-21-14-22(27)25(29)23(28)15-21/h14-20,24H,2-13H2,1H3. The minimum absolute atomic E-state index is 0.263. The Balaban J connectivity index is 1.20. The zero-order chi connectivity index (χ0) is 22.7. The lowest BCUT2D eigenvalue weighted by molar-refractivity contribution is -0.140. The Morgan fingerprint density at radius 2 is 1.44 bits per heavy atom. The van der Waals surface area contributed by atoms with Gasteiger partial charge in [0.25, 0.3) is 0 Å². The number of carbonyl (C=O) groups excluding carboxylic acids is 1. The summed E-state index contributed by atoms with van der Waals surface area (Å²) in [7, 11) is 0. The minimum Gasteiger partial charge on any atom is -0.426 e. The normalized spacial score (nSPS) is 33.2. The molecule has 0 radical (unpaired) electrons. The van der Waals surface area contributed by atoms with E-state index in [1.54, 1.807) is 0 Å². The van der Waals surface area contributed by atoms with Crippen molar-refractivity contribution >= 4 is 5.97 Å². The summed E-state index contributed by atoms with van der Waals surface area (Å²) in [5.41, 5.74) is 0. The van der Waals surface area contributed by atoms with Crippen LogP contribution in [0.4, 0.5) is 13.2 Å². The van der Waals surface area contributed by atoms with Gasteiger partial charge in [0.05, 0.1) is 18.1 Å². The Morgan fingerprint density at radius 3 is 2.03 bits per heavy atom. The predicted molar refractivity (Wildman–Crippen MR) is 116 cm³/mol. The topological polar surface area (TPSA) is 35.5 Å². The van der Waals surface area contributed by atoms with Gasteiger partial charge in [0, 0.05) is 12.1 Å². The molecule has 1 saturated heterocycles. The molecule has 2 aliphatic carbocycles. The van der Waals surface area contributed by atoms with Crippen molar-refractivity contribution in [3.8, 4) is 5.75 Å². The van der Waals surface area contributed by atoms with Crippen molar-refractivity contribution in [3.05, 3.63) is 29.6 Å². The van der Waals surface area contributed by atoms with E-state index in [0.717, 1.165) is 43.7 Å². The lowest BCUT2D eigenvalue weighted by Crippen LogP contribution is -2.32. The van der Waals surface area contributed by atoms with Crippen molar-refractivity contribution in [2.45, 2.75) is 96.2 Å². The first-order valence-electron chi connectivity index (χ1n) is 12.5. The van der Waals surface area contributed by atoms with Gasteiger partial charge in [-0.2, -0.15) is 0 Å². The molecular weight excluding hydrogens is 417 g/mol. The molecule has 2 atom stereocenters. The van der Waals surface area contributed by atoms with E-state index < -0.39 is 23.4 Å². The minimum atomic E-state index is -1.56. The van der Waals surface area contributed by atoms with Gasteiger partial charge in [0.2, 0.25) is 0 Å². The molecule has 4 rings (SSSR count). The summed E-state index contributed by atoms with van der Waals surface area (Å²) in [4.78, 5) is 12.4. The Kier molecular flexibility index (Phi) is 7.80. The summed E-state index contributed by atoms with van der Waals surface area (Å²) in [6.45, 7) is 2.22. The van der Waals surface area contributed by atoms with E-state index in [1.165, 1.54) is 51.4 Å². The van der Waals surface area contributed by atoms with Gasteiger partial charge in [0.15, 0.2) is 17.5 Å². The molecule has 3 fully saturated rings. The molecule has 0 bridgehead atoms. The highest BCUT2D eigenvalue weighted by Crippen LogP contribution is 2.44. The van der Waals surface area contributed by atoms with Crippen LogP contribution in [-0.4, -0.2) is 18.2 Å². The van der Waals surface area contributed by atoms with Crippen LogP contribution in [0, 0.1) is 41.1 Å². The summed E-state index contributed by atoms with van der Waals surface area (Å²) in [5, 5.41) is 0. The van der Waals surface area contributed by atoms with Gasteiger partial charge in [-0.25, -0.2) is 13.2 Å². The second kappa shape index (κ2) is 10.6. The number of hydrogen-bond acceptors (Lipinski definition) is 3. The molecule has 1 aromatic rings. The van der Waals surface area contributed by atoms with Crippen molar-refractivity contribution in [1.82, 2.24) is 0 Å². The van der Waals surface area contributed by atoms with Crippen molar-refractivity contribution in [2.24, 2.45) is 23.7 Å². The van der Waals surface area contributed by atoms with Crippen molar-refractivity contribution < 1.29 is 27.4 Å². The first-order chi connectivity index (χ1) is 15.4. The third-order valence-electron chi connectivity index (χ3n) is 8.04. The largest absolute Gasteiger partial charge is 0.426 e. The van der Waals surface area contributed by atoms with Crippen molar-refractivity contribution in [2.75, 3.05) is 0 Å². The first-order valence-corrected chi connectivity index (χ1v) is 12.5. The van der Waals surface area contributed by atoms with Crippen LogP contribution in [0.3, 0.4) is 0 Å². The Morgan fingerprint density at radius 1 is 0.875 bits per heavy atom. The van der Waals surface area contributed by atoms with Gasteiger partial charge < -0.3 is 9.47 Å². The third kappa shape index (κ3) is 5.49. The van der Waals surface area contributed by atoms with E-state index >= 15 is 0 Å². The Bertz CT molecular complexity index is 760. The lowest BCUT2D eigenvalue weighted by Gasteiger charge is -2.38. The van der Waals surface area contributed by atoms with Gasteiger partial charge in [-0.15, -0.1) is 0 Å². The summed E-state index contributed by atoms with van der Waals surface area (Å²) >= 11 is 0. The van der Waals surface area contributed by atoms with Crippen LogP contribution < -0.4 is 4.74 Å². The highest BCUT2D eigenvalue weighted by molar-refractivity contribution is 5.75. The van der Waals surface area contributed by atoms with Gasteiger partial charge in [-0.3, -0.25) is 4.79 Å². The molecule has 1 heterocycles. The Hall–Kier alpha value is -1.56. The molecule has 3 nitrogen and oxygen atoms in total. The van der Waals surface area contributed by atoms with E-state index in [2.05, 4.69) is 6.92 Å². The molecule has 3 aliphatic rings. The highest BCUT2D eigenvalue weighted by atomic mass is 19.2. The van der Waals surface area contributed by atoms with Crippen LogP contribution in [-0.2, 0) is 9.53 Å². The second-order valence-corrected chi connectivity index (χ2v) is 10.1. The quantitative estimate of drug-likeness (QED) is 0.266. The first kappa shape index (κ1) is 23.6. The van der Waals surface area contributed by atoms with Crippen LogP contribution in [0.15, 0.2) is 12.1 Å². The number of benzene rings is 1. The summed E-state index contributed by atoms with van der Waals surface area (Å²) < 4.78 is 51.3. The number of carbonyl (C=O) groups is 1. The van der Waals surface area contributed by atoms with Crippen LogP contribution in [0.5, 0.6) is 5.75 Å². The number of halogens is 3. The number of ether oxygens (including phenoxy) is 2. The molecule has 1 aliphatic heterocycles. The van der Waals surface area contributed by atoms with Gasteiger partial charge in [-0.05, 0) is 88.4 Å². The van der Waals surface area contributed by atoms with Gasteiger partial charge in [0.1, 0.15) is 5.75 Å². The molecule has 6 heteroatoms. The molecule has 178 valence electrons. The molecule has 0 spiro atoms. The zero-order valence-corrected chi connectivity index (χ0v) is 19.0. The maximum atomic E-state index is 13.4. The fourth-order valence-electron chi connectivity index (χ4n) is 6.22. The van der Waals surface area contributed by atoms with E-state index in [9.17, 15) is 18.0 Å². The van der Waals surface area contributed by atoms with Gasteiger partial charge in [-0.1, -0.05) is 13.3 Å². The number of hydrogen-bond donors (Lipinski definition) is 0. The third-order valence-corrected chi connectivity index (χ3v) is 8.04. The molecule has 32 heavy (non-hydrogen) atoms. The maximum absolute atomic E-state index is 13.4. The molecular formula is C26H35F3O3. The molecule has 0 amide bonds. The van der Waals surface area contributed by atoms with Crippen LogP contribution in [0.1, 0.15) is 84.0 Å². The van der Waals surface area contributed by atoms with Crippen LogP contribution in [0.25, 0.3) is 0 Å². The maximum Gasteiger partial charge on any atom is 0.314 e. The average molecular weight is 453 g/mol. The summed E-state index contributed by atoms with van der Waals surface area (Å²) in [6.07, 6.45) is 14.2. The van der Waals surface area contributed by atoms with Crippen molar-refractivity contribution in [1.29, 1.82) is 0 Å². The number of rotatable bonds is 6. The van der Waals surface area contributed by atoms with Crippen molar-refractivity contribution in [3.63, 3.8) is 0 Å². The highest BCUT2D eigenvalue weighted by Gasteiger charge is 2.37. The van der Waals surface area contributed by atoms with Crippen LogP contribution >= 0.6 is 0 Å². The SMILES string of the molecule is CCCC1CCC(C2CCC(C3CCC(C(=O)Oc4cc(F)c(F)c(F)c4)CC3)CC2)O1. The second-order valence-electron chi connectivity index (χ2n) is 10.1. The average Bonchev–Trinajstić information content (AvgIpc) is 3.26. The van der Waals surface area contributed by atoms with E-state index in [-0.39, 0.29) is 11.7 Å². The van der Waals surface area contributed by atoms with Crippen LogP contribution in [0.2, 0.25) is 0 Å². The van der Waals surface area contributed by atoms with Gasteiger partial charge >= 0.3 is 5.97 Å². The molecule has 0 aromatic heterocycles. The van der Waals surface area contributed by atoms with E-state index in [4.69, 9.17) is 9.47 Å². The monoisotopic (exact) mass is 452 g/mol. The summed E-state index contributed by atoms with van der Waals surface area (Å²) in [5.74, 6) is -3.21. The summed E-state index contributed by atoms with van der Waals surface area (Å²) in [6, 6.07) is 1.44. The molecule has 1 aromatic carbocycles. The fraction of sp³-hybridized carbons (Fsp3) is 0.731. The molecule has 0 N–H and O–H groups in total. The predicted octanol–water partition coefficient (Wildman–Crippen LogP) is 6.97. The molecule has 2 saturated carbocycles. The van der Waals surface area contributed by atoms with E-state index in [0.29, 0.717) is 24.0 Å². The zero-order valence-electron chi connectivity index (χ0n) is 19.0.